The molecule has 0 atom stereocenters. The number of hydrogen-bond acceptors (Lipinski definition) is 6. The normalized spacial score (nSPS) is 10.4. The summed E-state index contributed by atoms with van der Waals surface area (Å²) in [4.78, 5) is 23.5. The number of rotatable bonds is 6. The van der Waals surface area contributed by atoms with Gasteiger partial charge in [0.25, 0.3) is 5.91 Å². The zero-order chi connectivity index (χ0) is 18.5. The van der Waals surface area contributed by atoms with Crippen molar-refractivity contribution in [2.75, 3.05) is 12.4 Å². The quantitative estimate of drug-likeness (QED) is 0.683. The van der Waals surface area contributed by atoms with Crippen molar-refractivity contribution in [1.82, 2.24) is 9.78 Å². The number of aryl methyl sites for hydroxylation is 1. The summed E-state index contributed by atoms with van der Waals surface area (Å²) >= 11 is 0. The van der Waals surface area contributed by atoms with Crippen LogP contribution in [-0.2, 0) is 18.4 Å². The molecule has 0 radical (unpaired) electrons. The van der Waals surface area contributed by atoms with Crippen LogP contribution in [0, 0.1) is 0 Å². The van der Waals surface area contributed by atoms with E-state index in [0.29, 0.717) is 22.9 Å². The fraction of sp³-hybridized carbons (Fsp3) is 0.167. The third-order valence-electron chi connectivity index (χ3n) is 3.50. The summed E-state index contributed by atoms with van der Waals surface area (Å²) in [6.07, 6.45) is 1.72. The molecule has 0 aliphatic carbocycles. The smallest absolute Gasteiger partial charge is 0.337 e. The summed E-state index contributed by atoms with van der Waals surface area (Å²) in [6, 6.07) is 11.4. The van der Waals surface area contributed by atoms with Crippen LogP contribution in [0.1, 0.15) is 26.7 Å². The van der Waals surface area contributed by atoms with Crippen molar-refractivity contribution in [2.24, 2.45) is 7.05 Å². The zero-order valence-corrected chi connectivity index (χ0v) is 14.3. The van der Waals surface area contributed by atoms with Gasteiger partial charge in [-0.2, -0.15) is 5.10 Å². The van der Waals surface area contributed by atoms with Crippen LogP contribution in [-0.4, -0.2) is 28.8 Å². The van der Waals surface area contributed by atoms with Gasteiger partial charge in [-0.15, -0.1) is 0 Å². The van der Waals surface area contributed by atoms with Gasteiger partial charge in [0.2, 0.25) is 0 Å². The van der Waals surface area contributed by atoms with E-state index in [1.54, 1.807) is 60.4 Å². The van der Waals surface area contributed by atoms with E-state index >= 15 is 0 Å². The minimum Gasteiger partial charge on any atom is -0.486 e. The Morgan fingerprint density at radius 3 is 2.58 bits per heavy atom. The zero-order valence-electron chi connectivity index (χ0n) is 14.3. The second-order valence-corrected chi connectivity index (χ2v) is 5.40. The molecule has 0 aliphatic heterocycles. The lowest BCUT2D eigenvalue weighted by atomic mass is 10.2. The van der Waals surface area contributed by atoms with Gasteiger partial charge in [-0.25, -0.2) is 4.79 Å². The number of hydrogen-bond donors (Lipinski definition) is 1. The average Bonchev–Trinajstić information content (AvgIpc) is 3.29. The van der Waals surface area contributed by atoms with Crippen molar-refractivity contribution < 1.29 is 23.5 Å². The minimum absolute atomic E-state index is 0.147. The number of nitrogens with zero attached hydrogens (tertiary/aromatic N) is 2. The number of furan rings is 1. The van der Waals surface area contributed by atoms with Crippen LogP contribution in [0.15, 0.2) is 53.1 Å². The Morgan fingerprint density at radius 2 is 1.92 bits per heavy atom. The lowest BCUT2D eigenvalue weighted by Gasteiger charge is -2.05. The van der Waals surface area contributed by atoms with Crippen molar-refractivity contribution >= 4 is 17.7 Å². The third-order valence-corrected chi connectivity index (χ3v) is 3.50. The molecule has 8 heteroatoms. The predicted octanol–water partition coefficient (Wildman–Crippen LogP) is 2.63. The van der Waals surface area contributed by atoms with Crippen LogP contribution in [0.5, 0.6) is 5.75 Å². The molecule has 0 bridgehead atoms. The van der Waals surface area contributed by atoms with Gasteiger partial charge < -0.3 is 19.2 Å². The fourth-order valence-electron chi connectivity index (χ4n) is 2.20. The van der Waals surface area contributed by atoms with E-state index in [9.17, 15) is 9.59 Å². The van der Waals surface area contributed by atoms with Gasteiger partial charge >= 0.3 is 5.97 Å². The molecule has 3 aromatic rings. The monoisotopic (exact) mass is 355 g/mol. The maximum atomic E-state index is 12.1. The minimum atomic E-state index is -0.411. The lowest BCUT2D eigenvalue weighted by Crippen LogP contribution is -2.11. The molecule has 1 amide bonds. The van der Waals surface area contributed by atoms with Crippen LogP contribution in [0.25, 0.3) is 0 Å². The molecular formula is C18H17N3O5. The molecule has 0 saturated carbocycles. The molecule has 0 aliphatic rings. The Morgan fingerprint density at radius 1 is 1.15 bits per heavy atom. The first kappa shape index (κ1) is 17.3. The number of anilines is 1. The average molecular weight is 355 g/mol. The number of carbonyl (C=O) groups excluding carboxylic acids is 2. The summed E-state index contributed by atoms with van der Waals surface area (Å²) in [5.74, 6) is 0.859. The molecule has 0 fully saturated rings. The lowest BCUT2D eigenvalue weighted by molar-refractivity contribution is 0.0600. The Balaban J connectivity index is 1.56. The van der Waals surface area contributed by atoms with Gasteiger partial charge in [0, 0.05) is 19.3 Å². The molecular weight excluding hydrogens is 338 g/mol. The van der Waals surface area contributed by atoms with Gasteiger partial charge in [0.1, 0.15) is 18.1 Å². The molecule has 0 saturated heterocycles. The molecule has 0 unspecified atom stereocenters. The van der Waals surface area contributed by atoms with Crippen LogP contribution in [0.2, 0.25) is 0 Å². The van der Waals surface area contributed by atoms with Gasteiger partial charge in [-0.1, -0.05) is 0 Å². The standard InChI is InChI=1S/C18H17N3O5/c1-21-10-9-16(20-21)19-17(22)15-8-7-14(26-15)11-25-13-5-3-12(4-6-13)18(23)24-2/h3-10H,11H2,1-2H3,(H,19,20,22). The topological polar surface area (TPSA) is 95.6 Å². The van der Waals surface area contributed by atoms with Crippen molar-refractivity contribution in [2.45, 2.75) is 6.61 Å². The number of ether oxygens (including phenoxy) is 2. The van der Waals surface area contributed by atoms with E-state index in [-0.39, 0.29) is 12.4 Å². The predicted molar refractivity (Wildman–Crippen MR) is 92.0 cm³/mol. The van der Waals surface area contributed by atoms with E-state index in [1.165, 1.54) is 7.11 Å². The third kappa shape index (κ3) is 4.10. The summed E-state index contributed by atoms with van der Waals surface area (Å²) in [7, 11) is 3.08. The Labute approximate surface area is 149 Å². The second kappa shape index (κ2) is 7.56. The van der Waals surface area contributed by atoms with Crippen LogP contribution in [0.3, 0.4) is 0 Å². The van der Waals surface area contributed by atoms with Crippen molar-refractivity contribution in [1.29, 1.82) is 0 Å². The molecule has 2 heterocycles. The largest absolute Gasteiger partial charge is 0.486 e. The molecule has 1 N–H and O–H groups in total. The van der Waals surface area contributed by atoms with Crippen LogP contribution in [0.4, 0.5) is 5.82 Å². The Hall–Kier alpha value is -3.55. The number of benzene rings is 1. The van der Waals surface area contributed by atoms with Crippen molar-refractivity contribution in [3.63, 3.8) is 0 Å². The number of esters is 1. The first-order valence-corrected chi connectivity index (χ1v) is 7.76. The summed E-state index contributed by atoms with van der Waals surface area (Å²) in [5.41, 5.74) is 0.436. The molecule has 8 nitrogen and oxygen atoms in total. The van der Waals surface area contributed by atoms with Crippen LogP contribution < -0.4 is 10.1 Å². The number of nitrogens with one attached hydrogen (secondary N) is 1. The highest BCUT2D eigenvalue weighted by Gasteiger charge is 2.13. The molecule has 3 rings (SSSR count). The second-order valence-electron chi connectivity index (χ2n) is 5.40. The molecule has 134 valence electrons. The first-order valence-electron chi connectivity index (χ1n) is 7.76. The maximum absolute atomic E-state index is 12.1. The van der Waals surface area contributed by atoms with E-state index < -0.39 is 11.9 Å². The molecule has 2 aromatic heterocycles. The van der Waals surface area contributed by atoms with Crippen LogP contribution >= 0.6 is 0 Å². The first-order chi connectivity index (χ1) is 12.5. The highest BCUT2D eigenvalue weighted by Crippen LogP contribution is 2.16. The SMILES string of the molecule is COC(=O)c1ccc(OCc2ccc(C(=O)Nc3ccn(C)n3)o2)cc1. The number of aromatic nitrogens is 2. The van der Waals surface area contributed by atoms with Crippen molar-refractivity contribution in [3.8, 4) is 5.75 Å². The van der Waals surface area contributed by atoms with E-state index in [1.807, 2.05) is 0 Å². The van der Waals surface area contributed by atoms with Gasteiger partial charge in [-0.05, 0) is 36.4 Å². The van der Waals surface area contributed by atoms with E-state index in [2.05, 4.69) is 15.2 Å². The van der Waals surface area contributed by atoms with E-state index in [0.717, 1.165) is 0 Å². The van der Waals surface area contributed by atoms with Gasteiger partial charge in [0.15, 0.2) is 11.6 Å². The maximum Gasteiger partial charge on any atom is 0.337 e. The fourth-order valence-corrected chi connectivity index (χ4v) is 2.20. The summed E-state index contributed by atoms with van der Waals surface area (Å²) in [5, 5.41) is 6.71. The number of methoxy groups -OCH3 is 1. The number of amides is 1. The molecule has 0 spiro atoms. The van der Waals surface area contributed by atoms with Gasteiger partial charge in [0.05, 0.1) is 12.7 Å². The molecule has 26 heavy (non-hydrogen) atoms. The Kier molecular flexibility index (Phi) is 5.02. The Bertz CT molecular complexity index is 911. The summed E-state index contributed by atoms with van der Waals surface area (Å²) < 4.78 is 17.3. The number of carbonyl (C=O) groups is 2. The highest BCUT2D eigenvalue weighted by atomic mass is 16.5. The highest BCUT2D eigenvalue weighted by molar-refractivity contribution is 6.01. The molecule has 1 aromatic carbocycles. The summed E-state index contributed by atoms with van der Waals surface area (Å²) in [6.45, 7) is 0.147. The van der Waals surface area contributed by atoms with Crippen molar-refractivity contribution in [3.05, 3.63) is 65.7 Å². The van der Waals surface area contributed by atoms with E-state index in [4.69, 9.17) is 9.15 Å². The van der Waals surface area contributed by atoms with Gasteiger partial charge in [-0.3, -0.25) is 9.48 Å².